The number of hydrogen-bond acceptors (Lipinski definition) is 7. The van der Waals surface area contributed by atoms with Gasteiger partial charge in [-0.1, -0.05) is 0 Å². The lowest BCUT2D eigenvalue weighted by Crippen LogP contribution is -2.45. The fraction of sp³-hybridized carbons (Fsp3) is 0.467. The summed E-state index contributed by atoms with van der Waals surface area (Å²) in [6.07, 6.45) is 4.03. The second-order valence-corrected chi connectivity index (χ2v) is 8.68. The van der Waals surface area contributed by atoms with Gasteiger partial charge in [-0.3, -0.25) is 15.8 Å². The van der Waals surface area contributed by atoms with Gasteiger partial charge in [-0.25, -0.2) is 18.1 Å². The van der Waals surface area contributed by atoms with Crippen LogP contribution in [0.3, 0.4) is 0 Å². The molecule has 0 spiro atoms. The predicted octanol–water partition coefficient (Wildman–Crippen LogP) is 0.920. The maximum absolute atomic E-state index is 12.5. The van der Waals surface area contributed by atoms with E-state index in [1.807, 2.05) is 31.4 Å². The van der Waals surface area contributed by atoms with E-state index in [4.69, 9.17) is 0 Å². The molecule has 1 saturated heterocycles. The van der Waals surface area contributed by atoms with Crippen LogP contribution in [0.15, 0.2) is 29.9 Å². The Kier molecular flexibility index (Phi) is 5.26. The van der Waals surface area contributed by atoms with Gasteiger partial charge >= 0.3 is 0 Å². The van der Waals surface area contributed by atoms with Crippen LogP contribution in [-0.4, -0.2) is 42.3 Å². The molecule has 7 nitrogen and oxygen atoms in total. The number of nitrogens with zero attached hydrogens (tertiary/aromatic N) is 2. The summed E-state index contributed by atoms with van der Waals surface area (Å²) in [4.78, 5) is 8.55. The molecule has 0 aromatic carbocycles. The van der Waals surface area contributed by atoms with Crippen molar-refractivity contribution in [3.63, 3.8) is 0 Å². The number of thiazole rings is 1. The average molecular weight is 368 g/mol. The van der Waals surface area contributed by atoms with Gasteiger partial charge in [0.15, 0.2) is 0 Å². The molecule has 2 unspecified atom stereocenters. The van der Waals surface area contributed by atoms with Crippen molar-refractivity contribution in [3.8, 4) is 10.6 Å². The molecule has 0 bridgehead atoms. The summed E-state index contributed by atoms with van der Waals surface area (Å²) in [5, 5.41) is 2.40. The van der Waals surface area contributed by atoms with Gasteiger partial charge < -0.3 is 0 Å². The summed E-state index contributed by atoms with van der Waals surface area (Å²) in [7, 11) is -3.38. The molecular formula is C15H21N5O2S2. The Morgan fingerprint density at radius 3 is 2.54 bits per heavy atom. The maximum atomic E-state index is 12.5. The summed E-state index contributed by atoms with van der Waals surface area (Å²) >= 11 is 1.55. The first-order valence-corrected chi connectivity index (χ1v) is 10.2. The molecule has 2 aromatic rings. The summed E-state index contributed by atoms with van der Waals surface area (Å²) in [6.45, 7) is 4.07. The molecule has 1 aliphatic rings. The first-order chi connectivity index (χ1) is 11.5. The van der Waals surface area contributed by atoms with Crippen LogP contribution in [-0.2, 0) is 16.4 Å². The zero-order valence-electron chi connectivity index (χ0n) is 13.6. The highest BCUT2D eigenvalue weighted by Gasteiger charge is 2.39. The normalized spacial score (nSPS) is 24.3. The largest absolute Gasteiger partial charge is 0.265 e. The molecule has 1 aliphatic heterocycles. The molecule has 9 heteroatoms. The van der Waals surface area contributed by atoms with Gasteiger partial charge in [-0.2, -0.15) is 0 Å². The van der Waals surface area contributed by atoms with Crippen molar-refractivity contribution in [1.29, 1.82) is 0 Å². The Morgan fingerprint density at radius 1 is 1.21 bits per heavy atom. The summed E-state index contributed by atoms with van der Waals surface area (Å²) in [6, 6.07) is 3.56. The summed E-state index contributed by atoms with van der Waals surface area (Å²) in [5.41, 5.74) is 7.85. The lowest BCUT2D eigenvalue weighted by atomic mass is 10.2. The van der Waals surface area contributed by atoms with Gasteiger partial charge in [0.05, 0.1) is 5.69 Å². The quantitative estimate of drug-likeness (QED) is 0.703. The molecule has 3 N–H and O–H groups in total. The van der Waals surface area contributed by atoms with Crippen LogP contribution in [0, 0.1) is 0 Å². The highest BCUT2D eigenvalue weighted by Crippen LogP contribution is 2.23. The van der Waals surface area contributed by atoms with E-state index in [1.54, 1.807) is 23.7 Å². The second kappa shape index (κ2) is 7.24. The SMILES string of the molecule is CC1NNC(C)C1S(=O)(=O)NCCc1csc(-c2ccncc2)n1. The lowest BCUT2D eigenvalue weighted by molar-refractivity contribution is 0.545. The van der Waals surface area contributed by atoms with Crippen LogP contribution in [0.4, 0.5) is 0 Å². The van der Waals surface area contributed by atoms with Crippen molar-refractivity contribution < 1.29 is 8.42 Å². The number of hydrazine groups is 1. The maximum Gasteiger partial charge on any atom is 0.217 e. The van der Waals surface area contributed by atoms with Crippen LogP contribution < -0.4 is 15.6 Å². The number of sulfonamides is 1. The molecule has 1 fully saturated rings. The van der Waals surface area contributed by atoms with Gasteiger partial charge in [0, 0.05) is 48.4 Å². The fourth-order valence-electron chi connectivity index (χ4n) is 2.86. The van der Waals surface area contributed by atoms with Crippen LogP contribution in [0.1, 0.15) is 19.5 Å². The van der Waals surface area contributed by atoms with Gasteiger partial charge in [-0.15, -0.1) is 11.3 Å². The molecule has 0 amide bonds. The number of hydrogen-bond donors (Lipinski definition) is 3. The minimum Gasteiger partial charge on any atom is -0.265 e. The van der Waals surface area contributed by atoms with E-state index in [0.29, 0.717) is 13.0 Å². The second-order valence-electron chi connectivity index (χ2n) is 5.90. The standard InChI is InChI=1S/C15H21N5O2S2/c1-10-14(11(2)20-19-10)24(21,22)17-8-5-13-9-23-15(18-13)12-3-6-16-7-4-12/h3-4,6-7,9-11,14,17,19-20H,5,8H2,1-2H3. The molecule has 0 aliphatic carbocycles. The van der Waals surface area contributed by atoms with Crippen LogP contribution in [0.5, 0.6) is 0 Å². The van der Waals surface area contributed by atoms with Crippen molar-refractivity contribution in [2.45, 2.75) is 37.6 Å². The zero-order valence-corrected chi connectivity index (χ0v) is 15.2. The summed E-state index contributed by atoms with van der Waals surface area (Å²) < 4.78 is 27.6. The van der Waals surface area contributed by atoms with E-state index in [2.05, 4.69) is 25.5 Å². The van der Waals surface area contributed by atoms with Gasteiger partial charge in [0.25, 0.3) is 0 Å². The molecule has 3 rings (SSSR count). The molecule has 3 heterocycles. The van der Waals surface area contributed by atoms with E-state index in [9.17, 15) is 8.42 Å². The molecule has 0 saturated carbocycles. The molecule has 24 heavy (non-hydrogen) atoms. The third-order valence-corrected chi connectivity index (χ3v) is 7.13. The fourth-order valence-corrected chi connectivity index (χ4v) is 5.51. The average Bonchev–Trinajstić information content (AvgIpc) is 3.15. The topological polar surface area (TPSA) is 96.0 Å². The third kappa shape index (κ3) is 3.81. The molecule has 2 atom stereocenters. The van der Waals surface area contributed by atoms with Crippen molar-refractivity contribution >= 4 is 21.4 Å². The Hall–Kier alpha value is -1.39. The Morgan fingerprint density at radius 2 is 1.88 bits per heavy atom. The third-order valence-electron chi connectivity index (χ3n) is 4.05. The minimum absolute atomic E-state index is 0.130. The Labute approximate surface area is 145 Å². The predicted molar refractivity (Wildman–Crippen MR) is 95.0 cm³/mol. The first-order valence-electron chi connectivity index (χ1n) is 7.82. The number of rotatable bonds is 6. The van der Waals surface area contributed by atoms with Crippen LogP contribution in [0.2, 0.25) is 0 Å². The number of nitrogens with one attached hydrogen (secondary N) is 3. The van der Waals surface area contributed by atoms with Gasteiger partial charge in [-0.05, 0) is 26.0 Å². The highest BCUT2D eigenvalue weighted by atomic mass is 32.2. The van der Waals surface area contributed by atoms with Crippen molar-refractivity contribution in [1.82, 2.24) is 25.5 Å². The first kappa shape index (κ1) is 17.4. The van der Waals surface area contributed by atoms with E-state index in [-0.39, 0.29) is 12.1 Å². The van der Waals surface area contributed by atoms with E-state index < -0.39 is 15.3 Å². The zero-order chi connectivity index (χ0) is 17.2. The van der Waals surface area contributed by atoms with Gasteiger partial charge in [0.2, 0.25) is 10.0 Å². The molecular weight excluding hydrogens is 346 g/mol. The molecule has 2 aromatic heterocycles. The van der Waals surface area contributed by atoms with E-state index >= 15 is 0 Å². The van der Waals surface area contributed by atoms with Crippen LogP contribution >= 0.6 is 11.3 Å². The minimum atomic E-state index is -3.38. The smallest absolute Gasteiger partial charge is 0.217 e. The van der Waals surface area contributed by atoms with E-state index in [1.165, 1.54) is 0 Å². The lowest BCUT2D eigenvalue weighted by Gasteiger charge is -2.18. The monoisotopic (exact) mass is 367 g/mol. The van der Waals surface area contributed by atoms with Crippen molar-refractivity contribution in [2.75, 3.05) is 6.54 Å². The highest BCUT2D eigenvalue weighted by molar-refractivity contribution is 7.90. The Balaban J connectivity index is 1.58. The van der Waals surface area contributed by atoms with E-state index in [0.717, 1.165) is 16.3 Å². The van der Waals surface area contributed by atoms with Crippen molar-refractivity contribution in [2.24, 2.45) is 0 Å². The number of aromatic nitrogens is 2. The van der Waals surface area contributed by atoms with Crippen molar-refractivity contribution in [3.05, 3.63) is 35.6 Å². The number of pyridine rings is 1. The summed E-state index contributed by atoms with van der Waals surface area (Å²) in [5.74, 6) is 0. The molecule has 0 radical (unpaired) electrons. The molecule has 130 valence electrons. The van der Waals surface area contributed by atoms with Crippen LogP contribution in [0.25, 0.3) is 10.6 Å². The van der Waals surface area contributed by atoms with Gasteiger partial charge in [0.1, 0.15) is 10.3 Å². The Bertz CT molecular complexity index is 768.